The molecule has 2 aromatic carbocycles. The Morgan fingerprint density at radius 2 is 1.90 bits per heavy atom. The van der Waals surface area contributed by atoms with Gasteiger partial charge in [0.15, 0.2) is 0 Å². The minimum absolute atomic E-state index is 0.0130. The first-order valence-electron chi connectivity index (χ1n) is 13.3. The van der Waals surface area contributed by atoms with Crippen molar-refractivity contribution in [2.45, 2.75) is 32.2 Å². The van der Waals surface area contributed by atoms with Gasteiger partial charge in [0.05, 0.1) is 17.5 Å². The minimum Gasteiger partial charge on any atom is -0.457 e. The van der Waals surface area contributed by atoms with Crippen LogP contribution in [0, 0.1) is 30.1 Å². The maximum atomic E-state index is 13.2. The van der Waals surface area contributed by atoms with E-state index < -0.39 is 0 Å². The number of ether oxygens (including phenoxy) is 1. The SMILES string of the molecule is Cc1c(-c2ccc(Oc3ccccc3)cc2)c2c(N)ncnc2n1C1CCCN(C(=O)[C@H]2CC2C=CC#N)C1. The lowest BCUT2D eigenvalue weighted by Crippen LogP contribution is -2.42. The zero-order valence-electron chi connectivity index (χ0n) is 21.8. The van der Waals surface area contributed by atoms with Crippen molar-refractivity contribution in [2.75, 3.05) is 18.8 Å². The van der Waals surface area contributed by atoms with E-state index in [0.717, 1.165) is 65.2 Å². The molecule has 1 saturated carbocycles. The number of fused-ring (bicyclic) bond motifs is 1. The summed E-state index contributed by atoms with van der Waals surface area (Å²) < 4.78 is 8.23. The van der Waals surface area contributed by atoms with Gasteiger partial charge < -0.3 is 19.9 Å². The normalized spacial score (nSPS) is 20.7. The third-order valence-electron chi connectivity index (χ3n) is 7.83. The number of piperidine rings is 1. The molecule has 8 nitrogen and oxygen atoms in total. The van der Waals surface area contributed by atoms with E-state index in [1.165, 1.54) is 12.4 Å². The molecule has 2 aromatic heterocycles. The van der Waals surface area contributed by atoms with E-state index in [2.05, 4.69) is 21.5 Å². The summed E-state index contributed by atoms with van der Waals surface area (Å²) in [7, 11) is 0. The first-order chi connectivity index (χ1) is 19.0. The molecule has 1 saturated heterocycles. The van der Waals surface area contributed by atoms with Crippen molar-refractivity contribution >= 4 is 22.8 Å². The number of nitrogen functional groups attached to an aromatic ring is 1. The third kappa shape index (κ3) is 4.72. The number of anilines is 1. The van der Waals surface area contributed by atoms with Crippen LogP contribution in [0.3, 0.4) is 0 Å². The van der Waals surface area contributed by atoms with Gasteiger partial charge >= 0.3 is 0 Å². The van der Waals surface area contributed by atoms with Crippen LogP contribution in [0.15, 0.2) is 73.1 Å². The number of allylic oxidation sites excluding steroid dienone is 2. The zero-order valence-corrected chi connectivity index (χ0v) is 21.8. The van der Waals surface area contributed by atoms with Crippen molar-refractivity contribution in [3.8, 4) is 28.7 Å². The average Bonchev–Trinajstić information content (AvgIpc) is 3.67. The van der Waals surface area contributed by atoms with E-state index in [9.17, 15) is 4.79 Å². The van der Waals surface area contributed by atoms with Crippen molar-refractivity contribution in [1.29, 1.82) is 5.26 Å². The molecule has 3 heterocycles. The Morgan fingerprint density at radius 1 is 1.13 bits per heavy atom. The average molecular weight is 519 g/mol. The Hall–Kier alpha value is -4.64. The number of para-hydroxylation sites is 1. The maximum absolute atomic E-state index is 13.2. The molecule has 0 spiro atoms. The van der Waals surface area contributed by atoms with E-state index in [0.29, 0.717) is 12.4 Å². The summed E-state index contributed by atoms with van der Waals surface area (Å²) in [5, 5.41) is 9.64. The molecule has 1 amide bonds. The highest BCUT2D eigenvalue weighted by atomic mass is 16.5. The number of rotatable bonds is 6. The van der Waals surface area contributed by atoms with Crippen molar-refractivity contribution in [2.24, 2.45) is 11.8 Å². The number of carbonyl (C=O) groups excluding carboxylic acids is 1. The molecule has 196 valence electrons. The standard InChI is InChI=1S/C31H30N6O2/c1-20-27(21-11-13-25(14-12-21)39-24-9-3-2-4-10-24)28-29(33)34-19-35-30(28)37(20)23-8-6-16-36(18-23)31(38)26-17-22(26)7-5-15-32/h2-5,7,9-14,19,22-23,26H,6,8,16-18H2,1H3,(H2,33,34,35)/t22?,23?,26-/m0/s1. The van der Waals surface area contributed by atoms with Gasteiger partial charge in [-0.1, -0.05) is 36.4 Å². The van der Waals surface area contributed by atoms with Crippen LogP contribution in [0.4, 0.5) is 5.82 Å². The fourth-order valence-corrected chi connectivity index (χ4v) is 5.86. The largest absolute Gasteiger partial charge is 0.457 e. The Kier molecular flexibility index (Phi) is 6.49. The predicted octanol–water partition coefficient (Wildman–Crippen LogP) is 5.66. The summed E-state index contributed by atoms with van der Waals surface area (Å²) in [5.41, 5.74) is 10.3. The summed E-state index contributed by atoms with van der Waals surface area (Å²) in [6, 6.07) is 19.8. The Balaban J connectivity index is 1.31. The topological polar surface area (TPSA) is 110 Å². The first kappa shape index (κ1) is 24.7. The number of nitrogens with zero attached hydrogens (tertiary/aromatic N) is 5. The number of amides is 1. The lowest BCUT2D eigenvalue weighted by molar-refractivity contribution is -0.134. The fourth-order valence-electron chi connectivity index (χ4n) is 5.86. The van der Waals surface area contributed by atoms with E-state index in [4.69, 9.17) is 15.7 Å². The number of aromatic nitrogens is 3. The third-order valence-corrected chi connectivity index (χ3v) is 7.83. The summed E-state index contributed by atoms with van der Waals surface area (Å²) in [4.78, 5) is 24.2. The Labute approximate surface area is 227 Å². The molecule has 39 heavy (non-hydrogen) atoms. The van der Waals surface area contributed by atoms with Gasteiger partial charge in [0.1, 0.15) is 29.3 Å². The van der Waals surface area contributed by atoms with Crippen LogP contribution >= 0.6 is 0 Å². The second-order valence-corrected chi connectivity index (χ2v) is 10.3. The van der Waals surface area contributed by atoms with E-state index in [-0.39, 0.29) is 23.8 Å². The van der Waals surface area contributed by atoms with Gasteiger partial charge in [-0.05, 0) is 61.9 Å². The van der Waals surface area contributed by atoms with Gasteiger partial charge in [-0.25, -0.2) is 9.97 Å². The summed E-state index contributed by atoms with van der Waals surface area (Å²) >= 11 is 0. The predicted molar refractivity (Wildman–Crippen MR) is 150 cm³/mol. The summed E-state index contributed by atoms with van der Waals surface area (Å²) in [5.74, 6) is 2.33. The second-order valence-electron chi connectivity index (χ2n) is 10.3. The molecule has 0 radical (unpaired) electrons. The minimum atomic E-state index is -0.0130. The monoisotopic (exact) mass is 518 g/mol. The molecule has 2 unspecified atom stereocenters. The lowest BCUT2D eigenvalue weighted by atomic mass is 10.0. The van der Waals surface area contributed by atoms with Gasteiger partial charge in [-0.3, -0.25) is 4.79 Å². The molecule has 0 bridgehead atoms. The van der Waals surface area contributed by atoms with Crippen molar-refractivity contribution in [1.82, 2.24) is 19.4 Å². The Morgan fingerprint density at radius 3 is 2.67 bits per heavy atom. The molecular weight excluding hydrogens is 488 g/mol. The Bertz CT molecular complexity index is 1590. The van der Waals surface area contributed by atoms with E-state index >= 15 is 0 Å². The summed E-state index contributed by atoms with van der Waals surface area (Å²) in [6.45, 7) is 3.47. The smallest absolute Gasteiger partial charge is 0.226 e. The molecule has 8 heteroatoms. The van der Waals surface area contributed by atoms with Crippen LogP contribution in [-0.2, 0) is 4.79 Å². The van der Waals surface area contributed by atoms with Crippen LogP contribution in [0.5, 0.6) is 11.5 Å². The van der Waals surface area contributed by atoms with Crippen LogP contribution in [0.2, 0.25) is 0 Å². The highest BCUT2D eigenvalue weighted by Gasteiger charge is 2.44. The van der Waals surface area contributed by atoms with Crippen LogP contribution in [0.25, 0.3) is 22.2 Å². The van der Waals surface area contributed by atoms with Gasteiger partial charge in [0.25, 0.3) is 0 Å². The number of likely N-dealkylation sites (tertiary alicyclic amines) is 1. The number of benzene rings is 2. The molecule has 4 aromatic rings. The van der Waals surface area contributed by atoms with Gasteiger partial charge in [0, 0.05) is 36.3 Å². The van der Waals surface area contributed by atoms with Gasteiger partial charge in [-0.15, -0.1) is 0 Å². The molecular formula is C31H30N6O2. The number of hydrogen-bond donors (Lipinski definition) is 1. The molecule has 2 fully saturated rings. The van der Waals surface area contributed by atoms with Gasteiger partial charge in [-0.2, -0.15) is 5.26 Å². The molecule has 3 atom stereocenters. The van der Waals surface area contributed by atoms with Gasteiger partial charge in [0.2, 0.25) is 5.91 Å². The molecule has 1 aliphatic heterocycles. The number of carbonyl (C=O) groups is 1. The second kappa shape index (κ2) is 10.3. The van der Waals surface area contributed by atoms with Crippen LogP contribution < -0.4 is 10.5 Å². The van der Waals surface area contributed by atoms with E-state index in [1.807, 2.05) is 71.6 Å². The van der Waals surface area contributed by atoms with Crippen molar-refractivity contribution < 1.29 is 9.53 Å². The number of hydrogen-bond acceptors (Lipinski definition) is 6. The molecule has 6 rings (SSSR count). The van der Waals surface area contributed by atoms with Crippen LogP contribution in [-0.4, -0.2) is 38.4 Å². The zero-order chi connectivity index (χ0) is 26.9. The fraction of sp³-hybridized carbons (Fsp3) is 0.290. The van der Waals surface area contributed by atoms with Crippen molar-refractivity contribution in [3.63, 3.8) is 0 Å². The quantitative estimate of drug-likeness (QED) is 0.330. The number of nitriles is 1. The highest BCUT2D eigenvalue weighted by molar-refractivity contribution is 6.02. The number of nitrogens with two attached hydrogens (primary N) is 1. The first-order valence-corrected chi connectivity index (χ1v) is 13.3. The molecule has 1 aliphatic carbocycles. The lowest BCUT2D eigenvalue weighted by Gasteiger charge is -2.34. The summed E-state index contributed by atoms with van der Waals surface area (Å²) in [6.07, 6.45) is 7.54. The highest BCUT2D eigenvalue weighted by Crippen LogP contribution is 2.43. The van der Waals surface area contributed by atoms with Crippen LogP contribution in [0.1, 0.15) is 31.0 Å². The van der Waals surface area contributed by atoms with Crippen molar-refractivity contribution in [3.05, 3.63) is 78.8 Å². The molecule has 2 aliphatic rings. The maximum Gasteiger partial charge on any atom is 0.226 e. The molecule has 2 N–H and O–H groups in total. The van der Waals surface area contributed by atoms with E-state index in [1.54, 1.807) is 0 Å².